The van der Waals surface area contributed by atoms with E-state index in [-0.39, 0.29) is 5.41 Å². The van der Waals surface area contributed by atoms with Gasteiger partial charge in [0, 0.05) is 0 Å². The van der Waals surface area contributed by atoms with Crippen molar-refractivity contribution in [2.45, 2.75) is 53.4 Å². The lowest BCUT2D eigenvalue weighted by molar-refractivity contribution is 0.520. The molecule has 0 fully saturated rings. The first-order valence-corrected chi connectivity index (χ1v) is 11.5. The fourth-order valence-corrected chi connectivity index (χ4v) is 6.24. The van der Waals surface area contributed by atoms with Crippen molar-refractivity contribution in [1.82, 2.24) is 0 Å². The predicted molar refractivity (Wildman–Crippen MR) is 119 cm³/mol. The average Bonchev–Trinajstić information content (AvgIpc) is 3.05. The van der Waals surface area contributed by atoms with Gasteiger partial charge in [0.15, 0.2) is 0 Å². The molecule has 0 unspecified atom stereocenters. The minimum Gasteiger partial charge on any atom is -0.0746 e. The number of benzene rings is 2. The first-order chi connectivity index (χ1) is 12.5. The molecule has 0 saturated heterocycles. The molecular formula is C25H32Si. The van der Waals surface area contributed by atoms with Crippen LogP contribution in [-0.4, -0.2) is 9.52 Å². The normalized spacial score (nSPS) is 15.2. The molecule has 136 valence electrons. The van der Waals surface area contributed by atoms with Crippen LogP contribution in [0.4, 0.5) is 0 Å². The summed E-state index contributed by atoms with van der Waals surface area (Å²) >= 11 is 0. The van der Waals surface area contributed by atoms with E-state index in [1.54, 1.807) is 16.0 Å². The van der Waals surface area contributed by atoms with Gasteiger partial charge in [-0.05, 0) is 47.0 Å². The first kappa shape index (κ1) is 18.9. The van der Waals surface area contributed by atoms with Crippen LogP contribution in [0.15, 0.2) is 71.4 Å². The number of hydrogen-bond acceptors (Lipinski definition) is 0. The molecule has 1 heteroatoms. The highest BCUT2D eigenvalue weighted by atomic mass is 28.2. The van der Waals surface area contributed by atoms with Crippen LogP contribution in [0.25, 0.3) is 5.57 Å². The van der Waals surface area contributed by atoms with E-state index in [0.717, 1.165) is 6.42 Å². The molecule has 0 heterocycles. The van der Waals surface area contributed by atoms with Crippen LogP contribution in [-0.2, 0) is 6.42 Å². The van der Waals surface area contributed by atoms with Crippen molar-refractivity contribution in [3.8, 4) is 0 Å². The number of rotatable bonds is 6. The Morgan fingerprint density at radius 3 is 2.23 bits per heavy atom. The van der Waals surface area contributed by atoms with Gasteiger partial charge in [0.05, 0.1) is 9.52 Å². The molecule has 0 nitrogen and oxygen atoms in total. The largest absolute Gasteiger partial charge is 0.0832 e. The van der Waals surface area contributed by atoms with Crippen LogP contribution in [0.1, 0.15) is 58.1 Å². The maximum Gasteiger partial charge on any atom is 0.0832 e. The Balaban J connectivity index is 1.89. The molecule has 0 N–H and O–H groups in total. The molecule has 0 aliphatic heterocycles. The smallest absolute Gasteiger partial charge is 0.0746 e. The topological polar surface area (TPSA) is 0 Å². The number of aryl methyl sites for hydroxylation is 1. The lowest BCUT2D eigenvalue weighted by Crippen LogP contribution is -2.20. The third kappa shape index (κ3) is 4.45. The van der Waals surface area contributed by atoms with Crippen LogP contribution >= 0.6 is 0 Å². The van der Waals surface area contributed by atoms with E-state index in [1.807, 2.05) is 0 Å². The second-order valence-electron chi connectivity index (χ2n) is 8.51. The Bertz CT molecular complexity index is 786. The summed E-state index contributed by atoms with van der Waals surface area (Å²) in [4.78, 5) is 0. The second-order valence-corrected chi connectivity index (χ2v) is 10.5. The standard InChI is InChI=1S/C25H32Si/c1-5-6-10-19-13-15-20(16-14-19)22-17-18-23(24(22)25(2,3)4)26-21-11-8-7-9-12-21/h7-9,11-17H,5-6,10,18,26H2,1-4H3. The highest BCUT2D eigenvalue weighted by Crippen LogP contribution is 2.43. The van der Waals surface area contributed by atoms with Gasteiger partial charge in [0.1, 0.15) is 0 Å². The first-order valence-electron chi connectivity index (χ1n) is 10.1. The van der Waals surface area contributed by atoms with Crippen molar-refractivity contribution in [3.63, 3.8) is 0 Å². The molecule has 3 rings (SSSR count). The van der Waals surface area contributed by atoms with Crippen molar-refractivity contribution in [3.05, 3.63) is 82.6 Å². The highest BCUT2D eigenvalue weighted by molar-refractivity contribution is 6.61. The van der Waals surface area contributed by atoms with Crippen LogP contribution in [0.3, 0.4) is 0 Å². The van der Waals surface area contributed by atoms with Gasteiger partial charge in [-0.25, -0.2) is 0 Å². The lowest BCUT2D eigenvalue weighted by atomic mass is 9.81. The third-order valence-corrected chi connectivity index (χ3v) is 7.22. The van der Waals surface area contributed by atoms with Crippen molar-refractivity contribution in [2.75, 3.05) is 0 Å². The summed E-state index contributed by atoms with van der Waals surface area (Å²) < 4.78 is 0. The molecule has 2 aromatic rings. The fraction of sp³-hybridized carbons (Fsp3) is 0.360. The average molecular weight is 361 g/mol. The minimum absolute atomic E-state index is 0.195. The Morgan fingerprint density at radius 1 is 0.923 bits per heavy atom. The molecule has 2 aromatic carbocycles. The molecule has 1 aliphatic carbocycles. The van der Waals surface area contributed by atoms with Gasteiger partial charge in [-0.1, -0.05) is 105 Å². The summed E-state index contributed by atoms with van der Waals surface area (Å²) in [7, 11) is -0.390. The van der Waals surface area contributed by atoms with Crippen molar-refractivity contribution < 1.29 is 0 Å². The molecule has 0 bridgehead atoms. The molecular weight excluding hydrogens is 328 g/mol. The van der Waals surface area contributed by atoms with Crippen molar-refractivity contribution in [1.29, 1.82) is 0 Å². The van der Waals surface area contributed by atoms with E-state index in [2.05, 4.69) is 88.4 Å². The van der Waals surface area contributed by atoms with Gasteiger partial charge in [0.2, 0.25) is 0 Å². The second kappa shape index (κ2) is 8.22. The Labute approximate surface area is 161 Å². The number of hydrogen-bond donors (Lipinski definition) is 0. The molecule has 1 aliphatic rings. The van der Waals surface area contributed by atoms with E-state index >= 15 is 0 Å². The molecule has 0 radical (unpaired) electrons. The molecule has 0 spiro atoms. The van der Waals surface area contributed by atoms with Crippen LogP contribution in [0, 0.1) is 5.41 Å². The zero-order valence-corrected chi connectivity index (χ0v) is 18.2. The van der Waals surface area contributed by atoms with Gasteiger partial charge in [-0.2, -0.15) is 0 Å². The molecule has 0 aromatic heterocycles. The lowest BCUT2D eigenvalue weighted by Gasteiger charge is -2.26. The number of allylic oxidation sites excluding steroid dienone is 4. The Kier molecular flexibility index (Phi) is 5.98. The van der Waals surface area contributed by atoms with Crippen LogP contribution in [0.2, 0.25) is 0 Å². The molecule has 0 saturated carbocycles. The van der Waals surface area contributed by atoms with Gasteiger partial charge < -0.3 is 0 Å². The summed E-state index contributed by atoms with van der Waals surface area (Å²) in [5, 5.41) is 3.27. The van der Waals surface area contributed by atoms with Crippen molar-refractivity contribution in [2.24, 2.45) is 5.41 Å². The highest BCUT2D eigenvalue weighted by Gasteiger charge is 2.28. The Morgan fingerprint density at radius 2 is 1.62 bits per heavy atom. The van der Waals surface area contributed by atoms with Gasteiger partial charge in [0.25, 0.3) is 0 Å². The third-order valence-electron chi connectivity index (χ3n) is 5.27. The molecule has 26 heavy (non-hydrogen) atoms. The van der Waals surface area contributed by atoms with Gasteiger partial charge in [-0.3, -0.25) is 0 Å². The van der Waals surface area contributed by atoms with E-state index in [9.17, 15) is 0 Å². The fourth-order valence-electron chi connectivity index (χ4n) is 4.05. The van der Waals surface area contributed by atoms with Crippen molar-refractivity contribution >= 4 is 20.3 Å². The Hall–Kier alpha value is -1.86. The maximum atomic E-state index is 2.48. The van der Waals surface area contributed by atoms with Crippen LogP contribution in [0.5, 0.6) is 0 Å². The molecule has 0 atom stereocenters. The summed E-state index contributed by atoms with van der Waals surface area (Å²) in [5.74, 6) is 0. The summed E-state index contributed by atoms with van der Waals surface area (Å²) in [6.07, 6.45) is 7.36. The van der Waals surface area contributed by atoms with Crippen LogP contribution < -0.4 is 5.19 Å². The SMILES string of the molecule is CCCCc1ccc(C2=CCC([SiH2]c3ccccc3)=C2C(C)(C)C)cc1. The number of unbranched alkanes of at least 4 members (excludes halogenated alkanes) is 1. The van der Waals surface area contributed by atoms with E-state index in [1.165, 1.54) is 36.0 Å². The zero-order valence-electron chi connectivity index (χ0n) is 16.8. The predicted octanol–water partition coefficient (Wildman–Crippen LogP) is 5.61. The summed E-state index contributed by atoms with van der Waals surface area (Å²) in [6.45, 7) is 9.37. The van der Waals surface area contributed by atoms with E-state index in [4.69, 9.17) is 0 Å². The molecule has 0 amide bonds. The summed E-state index contributed by atoms with van der Waals surface area (Å²) in [5.41, 5.74) is 6.15. The maximum absolute atomic E-state index is 2.48. The van der Waals surface area contributed by atoms with Gasteiger partial charge >= 0.3 is 0 Å². The monoisotopic (exact) mass is 360 g/mol. The quantitative estimate of drug-likeness (QED) is 0.587. The minimum atomic E-state index is -0.390. The van der Waals surface area contributed by atoms with E-state index < -0.39 is 9.52 Å². The summed E-state index contributed by atoms with van der Waals surface area (Å²) in [6, 6.07) is 20.4. The van der Waals surface area contributed by atoms with E-state index in [0.29, 0.717) is 0 Å². The van der Waals surface area contributed by atoms with Gasteiger partial charge in [-0.15, -0.1) is 0 Å². The zero-order chi connectivity index (χ0) is 18.6.